The summed E-state index contributed by atoms with van der Waals surface area (Å²) in [6, 6.07) is 0. The van der Waals surface area contributed by atoms with E-state index in [9.17, 15) is 4.79 Å². The highest BCUT2D eigenvalue weighted by Crippen LogP contribution is 2.60. The molecule has 2 heterocycles. The molecule has 1 aliphatic heterocycles. The highest BCUT2D eigenvalue weighted by molar-refractivity contribution is 7.15. The summed E-state index contributed by atoms with van der Waals surface area (Å²) in [6.45, 7) is 2.19. The molecule has 0 spiro atoms. The van der Waals surface area contributed by atoms with Gasteiger partial charge in [0, 0.05) is 11.1 Å². The van der Waals surface area contributed by atoms with Crippen molar-refractivity contribution in [3.05, 3.63) is 11.1 Å². The highest BCUT2D eigenvalue weighted by Gasteiger charge is 2.54. The number of carbonyl (C=O) groups excluding carboxylic acids is 1. The van der Waals surface area contributed by atoms with Crippen LogP contribution in [0.25, 0.3) is 0 Å². The zero-order chi connectivity index (χ0) is 16.1. The van der Waals surface area contributed by atoms with E-state index in [2.05, 4.69) is 15.6 Å². The summed E-state index contributed by atoms with van der Waals surface area (Å²) >= 11 is 1.70. The van der Waals surface area contributed by atoms with Crippen molar-refractivity contribution < 1.29 is 4.79 Å². The third-order valence-corrected chi connectivity index (χ3v) is 8.08. The second-order valence-corrected chi connectivity index (χ2v) is 9.81. The first kappa shape index (κ1) is 15.3. The maximum absolute atomic E-state index is 13.1. The summed E-state index contributed by atoms with van der Waals surface area (Å²) in [5, 5.41) is 7.45. The van der Waals surface area contributed by atoms with Gasteiger partial charge in [-0.15, -0.1) is 11.3 Å². The van der Waals surface area contributed by atoms with Gasteiger partial charge in [0.15, 0.2) is 5.13 Å². The number of hydrogen-bond donors (Lipinski definition) is 2. The molecule has 1 aromatic rings. The van der Waals surface area contributed by atoms with Gasteiger partial charge in [0.2, 0.25) is 5.91 Å². The van der Waals surface area contributed by atoms with Gasteiger partial charge < -0.3 is 10.6 Å². The number of carbonyl (C=O) groups is 1. The van der Waals surface area contributed by atoms with Gasteiger partial charge in [-0.2, -0.15) is 0 Å². The average Bonchev–Trinajstić information content (AvgIpc) is 3.03. The number of nitrogens with zero attached hydrogens (tertiary/aromatic N) is 1. The second kappa shape index (κ2) is 5.80. The van der Waals surface area contributed by atoms with Crippen LogP contribution < -0.4 is 10.6 Å². The zero-order valence-electron chi connectivity index (χ0n) is 14.2. The molecule has 24 heavy (non-hydrogen) atoms. The van der Waals surface area contributed by atoms with Crippen molar-refractivity contribution >= 4 is 22.4 Å². The van der Waals surface area contributed by atoms with Crippen molar-refractivity contribution in [3.8, 4) is 0 Å². The van der Waals surface area contributed by atoms with Crippen molar-refractivity contribution in [2.45, 2.75) is 57.3 Å². The van der Waals surface area contributed by atoms with Gasteiger partial charge in [0.1, 0.15) is 0 Å². The number of anilines is 1. The molecule has 4 aliphatic carbocycles. The van der Waals surface area contributed by atoms with E-state index >= 15 is 0 Å². The predicted octanol–water partition coefficient (Wildman–Crippen LogP) is 3.77. The lowest BCUT2D eigenvalue weighted by Crippen LogP contribution is -2.51. The van der Waals surface area contributed by atoms with E-state index in [1.807, 2.05) is 6.20 Å². The minimum absolute atomic E-state index is 0.0741. The first-order chi connectivity index (χ1) is 11.7. The van der Waals surface area contributed by atoms with Crippen LogP contribution in [0.15, 0.2) is 6.20 Å². The first-order valence-electron chi connectivity index (χ1n) is 9.68. The standard InChI is InChI=1S/C19H27N3OS/c23-17(19-8-12-5-13(9-19)7-14(6-12)10-19)22-18-21-11-16(24-18)15-1-3-20-4-2-15/h11-15,20H,1-10H2,(H,21,22,23). The van der Waals surface area contributed by atoms with E-state index in [4.69, 9.17) is 0 Å². The Morgan fingerprint density at radius 3 is 2.38 bits per heavy atom. The molecule has 5 aliphatic rings. The number of nitrogens with one attached hydrogen (secondary N) is 2. The summed E-state index contributed by atoms with van der Waals surface area (Å²) in [7, 11) is 0. The number of amides is 1. The predicted molar refractivity (Wildman–Crippen MR) is 96.2 cm³/mol. The maximum Gasteiger partial charge on any atom is 0.232 e. The fraction of sp³-hybridized carbons (Fsp3) is 0.789. The van der Waals surface area contributed by atoms with E-state index in [1.165, 1.54) is 37.0 Å². The van der Waals surface area contributed by atoms with Crippen molar-refractivity contribution in [3.63, 3.8) is 0 Å². The van der Waals surface area contributed by atoms with Crippen LogP contribution in [0.3, 0.4) is 0 Å². The Kier molecular flexibility index (Phi) is 3.71. The molecule has 1 amide bonds. The van der Waals surface area contributed by atoms with Crippen molar-refractivity contribution in [1.29, 1.82) is 0 Å². The molecule has 0 atom stereocenters. The molecule has 1 saturated heterocycles. The Morgan fingerprint density at radius 2 is 1.75 bits per heavy atom. The molecule has 2 N–H and O–H groups in total. The number of thiazole rings is 1. The Bertz CT molecular complexity index is 599. The third-order valence-electron chi connectivity index (χ3n) is 7.01. The quantitative estimate of drug-likeness (QED) is 0.877. The van der Waals surface area contributed by atoms with Gasteiger partial charge in [-0.05, 0) is 88.1 Å². The third kappa shape index (κ3) is 2.60. The van der Waals surface area contributed by atoms with Gasteiger partial charge >= 0.3 is 0 Å². The van der Waals surface area contributed by atoms with E-state index in [1.54, 1.807) is 11.3 Å². The zero-order valence-corrected chi connectivity index (χ0v) is 15.0. The lowest BCUT2D eigenvalue weighted by Gasteiger charge is -2.55. The molecule has 4 bridgehead atoms. The number of hydrogen-bond acceptors (Lipinski definition) is 4. The van der Waals surface area contributed by atoms with E-state index in [0.29, 0.717) is 5.92 Å². The normalized spacial score (nSPS) is 38.4. The second-order valence-electron chi connectivity index (χ2n) is 8.74. The summed E-state index contributed by atoms with van der Waals surface area (Å²) in [5.41, 5.74) is -0.0741. The molecular formula is C19H27N3OS. The molecule has 0 unspecified atom stereocenters. The van der Waals surface area contributed by atoms with Gasteiger partial charge in [-0.25, -0.2) is 4.98 Å². The molecule has 6 rings (SSSR count). The Morgan fingerprint density at radius 1 is 1.12 bits per heavy atom. The summed E-state index contributed by atoms with van der Waals surface area (Å²) < 4.78 is 0. The Balaban J connectivity index is 1.29. The first-order valence-corrected chi connectivity index (χ1v) is 10.5. The molecule has 4 nitrogen and oxygen atoms in total. The van der Waals surface area contributed by atoms with Crippen molar-refractivity contribution in [2.75, 3.05) is 18.4 Å². The molecule has 4 saturated carbocycles. The number of rotatable bonds is 3. The molecule has 130 valence electrons. The number of aromatic nitrogens is 1. The minimum atomic E-state index is -0.0741. The number of piperidine rings is 1. The smallest absolute Gasteiger partial charge is 0.232 e. The van der Waals surface area contributed by atoms with Crippen LogP contribution in [0.4, 0.5) is 5.13 Å². The lowest BCUT2D eigenvalue weighted by atomic mass is 9.49. The Labute approximate surface area is 147 Å². The van der Waals surface area contributed by atoms with Gasteiger partial charge in [-0.1, -0.05) is 0 Å². The van der Waals surface area contributed by atoms with Crippen molar-refractivity contribution in [1.82, 2.24) is 10.3 Å². The fourth-order valence-electron chi connectivity index (χ4n) is 6.26. The summed E-state index contributed by atoms with van der Waals surface area (Å²) in [6.07, 6.45) is 11.9. The molecule has 5 fully saturated rings. The van der Waals surface area contributed by atoms with Gasteiger partial charge in [-0.3, -0.25) is 4.79 Å². The SMILES string of the molecule is O=C(Nc1ncc(C2CCNCC2)s1)C12CC3CC(CC(C3)C1)C2. The van der Waals surface area contributed by atoms with Gasteiger partial charge in [0.05, 0.1) is 5.41 Å². The monoisotopic (exact) mass is 345 g/mol. The Hall–Kier alpha value is -0.940. The molecule has 5 heteroatoms. The summed E-state index contributed by atoms with van der Waals surface area (Å²) in [5.74, 6) is 3.32. The van der Waals surface area contributed by atoms with Gasteiger partial charge in [0.25, 0.3) is 0 Å². The van der Waals surface area contributed by atoms with E-state index in [-0.39, 0.29) is 11.3 Å². The van der Waals surface area contributed by atoms with E-state index < -0.39 is 0 Å². The van der Waals surface area contributed by atoms with Crippen molar-refractivity contribution in [2.24, 2.45) is 23.2 Å². The fourth-order valence-corrected chi connectivity index (χ4v) is 7.24. The minimum Gasteiger partial charge on any atom is -0.317 e. The molecule has 1 aromatic heterocycles. The van der Waals surface area contributed by atoms with Crippen LogP contribution >= 0.6 is 11.3 Å². The van der Waals surface area contributed by atoms with Crippen LogP contribution in [0.1, 0.15) is 62.2 Å². The average molecular weight is 346 g/mol. The van der Waals surface area contributed by atoms with Crippen LogP contribution in [0.5, 0.6) is 0 Å². The highest BCUT2D eigenvalue weighted by atomic mass is 32.1. The summed E-state index contributed by atoms with van der Waals surface area (Å²) in [4.78, 5) is 19.0. The molecule has 0 radical (unpaired) electrons. The van der Waals surface area contributed by atoms with Crippen LogP contribution in [-0.4, -0.2) is 24.0 Å². The topological polar surface area (TPSA) is 54.0 Å². The van der Waals surface area contributed by atoms with E-state index in [0.717, 1.165) is 55.2 Å². The van der Waals surface area contributed by atoms with Crippen LogP contribution in [-0.2, 0) is 4.79 Å². The molecular weight excluding hydrogens is 318 g/mol. The van der Waals surface area contributed by atoms with Crippen LogP contribution in [0.2, 0.25) is 0 Å². The lowest BCUT2D eigenvalue weighted by molar-refractivity contribution is -0.140. The van der Waals surface area contributed by atoms with Crippen LogP contribution in [0, 0.1) is 23.2 Å². The maximum atomic E-state index is 13.1. The largest absolute Gasteiger partial charge is 0.317 e. The molecule has 0 aromatic carbocycles.